The highest BCUT2D eigenvalue weighted by Gasteiger charge is 2.22. The van der Waals surface area contributed by atoms with Crippen LogP contribution in [0.25, 0.3) is 0 Å². The van der Waals surface area contributed by atoms with Crippen molar-refractivity contribution in [1.82, 2.24) is 5.32 Å². The van der Waals surface area contributed by atoms with Crippen LogP contribution >= 0.6 is 0 Å². The zero-order chi connectivity index (χ0) is 15.1. The van der Waals surface area contributed by atoms with Crippen LogP contribution < -0.4 is 14.8 Å². The molecule has 0 bridgehead atoms. The maximum Gasteiger partial charge on any atom is 0.161 e. The van der Waals surface area contributed by atoms with E-state index in [-0.39, 0.29) is 0 Å². The Balaban J connectivity index is 2.19. The molecule has 1 N–H and O–H groups in total. The topological polar surface area (TPSA) is 30.5 Å². The molecule has 0 spiro atoms. The van der Waals surface area contributed by atoms with Crippen LogP contribution in [0.2, 0.25) is 0 Å². The van der Waals surface area contributed by atoms with E-state index in [0.717, 1.165) is 18.0 Å². The molecule has 21 heavy (non-hydrogen) atoms. The third kappa shape index (κ3) is 4.13. The molecule has 0 saturated carbocycles. The van der Waals surface area contributed by atoms with E-state index >= 15 is 0 Å². The van der Waals surface area contributed by atoms with Gasteiger partial charge in [0.2, 0.25) is 0 Å². The van der Waals surface area contributed by atoms with Gasteiger partial charge < -0.3 is 14.8 Å². The van der Waals surface area contributed by atoms with E-state index in [2.05, 4.69) is 44.3 Å². The molecule has 2 unspecified atom stereocenters. The van der Waals surface area contributed by atoms with Crippen molar-refractivity contribution in [2.75, 3.05) is 19.8 Å². The van der Waals surface area contributed by atoms with Crippen molar-refractivity contribution >= 4 is 0 Å². The van der Waals surface area contributed by atoms with Crippen molar-refractivity contribution in [1.29, 1.82) is 0 Å². The molecule has 1 aromatic rings. The summed E-state index contributed by atoms with van der Waals surface area (Å²) >= 11 is 0. The maximum absolute atomic E-state index is 5.73. The van der Waals surface area contributed by atoms with Crippen LogP contribution in [0.15, 0.2) is 18.2 Å². The lowest BCUT2D eigenvalue weighted by molar-refractivity contribution is 0.171. The summed E-state index contributed by atoms with van der Waals surface area (Å²) in [6, 6.07) is 6.81. The molecule has 2 atom stereocenters. The van der Waals surface area contributed by atoms with Gasteiger partial charge in [-0.05, 0) is 36.6 Å². The Morgan fingerprint density at radius 1 is 1.10 bits per heavy atom. The zero-order valence-corrected chi connectivity index (χ0v) is 13.7. The number of hydrogen-bond acceptors (Lipinski definition) is 3. The van der Waals surface area contributed by atoms with Gasteiger partial charge in [0.15, 0.2) is 11.5 Å². The Kier molecular flexibility index (Phi) is 6.37. The minimum atomic E-state index is 0.405. The van der Waals surface area contributed by atoms with E-state index in [1.54, 1.807) is 0 Å². The normalized spacial score (nSPS) is 16.5. The largest absolute Gasteiger partial charge is 0.486 e. The second-order valence-corrected chi connectivity index (χ2v) is 5.75. The highest BCUT2D eigenvalue weighted by atomic mass is 16.6. The highest BCUT2D eigenvalue weighted by Crippen LogP contribution is 2.36. The molecule has 1 heterocycles. The van der Waals surface area contributed by atoms with E-state index in [0.29, 0.717) is 25.2 Å². The summed E-state index contributed by atoms with van der Waals surface area (Å²) < 4.78 is 11.4. The fourth-order valence-corrected chi connectivity index (χ4v) is 3.10. The van der Waals surface area contributed by atoms with Gasteiger partial charge in [0.1, 0.15) is 13.2 Å². The Hall–Kier alpha value is -1.22. The monoisotopic (exact) mass is 291 g/mol. The first-order valence-corrected chi connectivity index (χ1v) is 8.43. The Bertz CT molecular complexity index is 433. The number of rotatable bonds is 8. The van der Waals surface area contributed by atoms with Gasteiger partial charge in [0.25, 0.3) is 0 Å². The molecule has 1 aliphatic heterocycles. The molecule has 0 amide bonds. The third-order valence-electron chi connectivity index (χ3n) is 4.27. The molecule has 2 rings (SSSR count). The summed E-state index contributed by atoms with van der Waals surface area (Å²) in [6.45, 7) is 9.02. The zero-order valence-electron chi connectivity index (χ0n) is 13.7. The SMILES string of the molecule is CCCCC(CC)C(NCC)c1ccc2c(c1)OCCO2. The summed E-state index contributed by atoms with van der Waals surface area (Å²) in [7, 11) is 0. The van der Waals surface area contributed by atoms with Gasteiger partial charge in [-0.3, -0.25) is 0 Å². The molecule has 0 saturated heterocycles. The highest BCUT2D eigenvalue weighted by molar-refractivity contribution is 5.44. The van der Waals surface area contributed by atoms with Crippen LogP contribution in [-0.4, -0.2) is 19.8 Å². The molecule has 0 aliphatic carbocycles. The summed E-state index contributed by atoms with van der Waals surface area (Å²) in [5.41, 5.74) is 1.32. The molecule has 0 aromatic heterocycles. The smallest absolute Gasteiger partial charge is 0.161 e. The first-order valence-electron chi connectivity index (χ1n) is 8.43. The van der Waals surface area contributed by atoms with Crippen LogP contribution in [0.1, 0.15) is 58.1 Å². The van der Waals surface area contributed by atoms with Crippen molar-refractivity contribution in [3.63, 3.8) is 0 Å². The van der Waals surface area contributed by atoms with E-state index in [1.807, 2.05) is 0 Å². The van der Waals surface area contributed by atoms with E-state index in [4.69, 9.17) is 9.47 Å². The Morgan fingerprint density at radius 2 is 1.86 bits per heavy atom. The van der Waals surface area contributed by atoms with Crippen molar-refractivity contribution in [2.24, 2.45) is 5.92 Å². The van der Waals surface area contributed by atoms with Crippen LogP contribution in [0.5, 0.6) is 11.5 Å². The van der Waals surface area contributed by atoms with Gasteiger partial charge >= 0.3 is 0 Å². The van der Waals surface area contributed by atoms with Gasteiger partial charge in [-0.15, -0.1) is 0 Å². The van der Waals surface area contributed by atoms with Crippen molar-refractivity contribution < 1.29 is 9.47 Å². The average Bonchev–Trinajstić information content (AvgIpc) is 2.54. The van der Waals surface area contributed by atoms with Crippen molar-refractivity contribution in [2.45, 2.75) is 52.5 Å². The number of unbranched alkanes of at least 4 members (excludes halogenated alkanes) is 1. The Labute approximate surface area is 129 Å². The Morgan fingerprint density at radius 3 is 2.52 bits per heavy atom. The molecule has 1 aromatic carbocycles. The number of nitrogens with one attached hydrogen (secondary N) is 1. The summed E-state index contributed by atoms with van der Waals surface area (Å²) in [6.07, 6.45) is 5.03. The van der Waals surface area contributed by atoms with Crippen LogP contribution in [0.3, 0.4) is 0 Å². The number of hydrogen-bond donors (Lipinski definition) is 1. The fraction of sp³-hybridized carbons (Fsp3) is 0.667. The third-order valence-corrected chi connectivity index (χ3v) is 4.27. The van der Waals surface area contributed by atoms with Crippen LogP contribution in [-0.2, 0) is 0 Å². The van der Waals surface area contributed by atoms with E-state index in [9.17, 15) is 0 Å². The second-order valence-electron chi connectivity index (χ2n) is 5.75. The summed E-state index contributed by atoms with van der Waals surface area (Å²) in [5.74, 6) is 2.45. The maximum atomic E-state index is 5.73. The molecular formula is C18H29NO2. The van der Waals surface area contributed by atoms with Gasteiger partial charge in [-0.25, -0.2) is 0 Å². The predicted molar refractivity (Wildman–Crippen MR) is 87.2 cm³/mol. The lowest BCUT2D eigenvalue weighted by Gasteiger charge is -2.29. The quantitative estimate of drug-likeness (QED) is 0.773. The first kappa shape index (κ1) is 16.2. The van der Waals surface area contributed by atoms with E-state index < -0.39 is 0 Å². The van der Waals surface area contributed by atoms with Crippen molar-refractivity contribution in [3.8, 4) is 11.5 Å². The van der Waals surface area contributed by atoms with Gasteiger partial charge in [-0.1, -0.05) is 46.1 Å². The minimum absolute atomic E-state index is 0.405. The van der Waals surface area contributed by atoms with Crippen LogP contribution in [0.4, 0.5) is 0 Å². The first-order chi connectivity index (χ1) is 10.3. The lowest BCUT2D eigenvalue weighted by atomic mass is 9.86. The second kappa shape index (κ2) is 8.28. The molecule has 118 valence electrons. The molecule has 0 radical (unpaired) electrons. The van der Waals surface area contributed by atoms with Gasteiger partial charge in [-0.2, -0.15) is 0 Å². The lowest BCUT2D eigenvalue weighted by Crippen LogP contribution is -2.28. The fourth-order valence-electron chi connectivity index (χ4n) is 3.10. The molecule has 3 nitrogen and oxygen atoms in total. The molecule has 3 heteroatoms. The number of fused-ring (bicyclic) bond motifs is 1. The average molecular weight is 291 g/mol. The van der Waals surface area contributed by atoms with E-state index in [1.165, 1.54) is 31.2 Å². The molecule has 0 fully saturated rings. The number of ether oxygens (including phenoxy) is 2. The predicted octanol–water partition coefficient (Wildman–Crippen LogP) is 4.32. The number of benzene rings is 1. The summed E-state index contributed by atoms with van der Waals surface area (Å²) in [4.78, 5) is 0. The van der Waals surface area contributed by atoms with Crippen LogP contribution in [0, 0.1) is 5.92 Å². The molecule has 1 aliphatic rings. The minimum Gasteiger partial charge on any atom is -0.486 e. The summed E-state index contributed by atoms with van der Waals surface area (Å²) in [5, 5.41) is 3.67. The molecular weight excluding hydrogens is 262 g/mol. The van der Waals surface area contributed by atoms with Crippen molar-refractivity contribution in [3.05, 3.63) is 23.8 Å². The standard InChI is InChI=1S/C18H29NO2/c1-4-7-8-14(5-2)18(19-6-3)15-9-10-16-17(13-15)21-12-11-20-16/h9-10,13-14,18-19H,4-8,11-12H2,1-3H3. The van der Waals surface area contributed by atoms with Gasteiger partial charge in [0.05, 0.1) is 0 Å². The van der Waals surface area contributed by atoms with Gasteiger partial charge in [0, 0.05) is 6.04 Å².